The summed E-state index contributed by atoms with van der Waals surface area (Å²) in [7, 11) is 0. The summed E-state index contributed by atoms with van der Waals surface area (Å²) in [5, 5.41) is 4.36. The van der Waals surface area contributed by atoms with Crippen molar-refractivity contribution in [2.45, 2.75) is 38.4 Å². The van der Waals surface area contributed by atoms with Gasteiger partial charge in [-0.05, 0) is 73.2 Å². The van der Waals surface area contributed by atoms with Gasteiger partial charge in [0.15, 0.2) is 0 Å². The Morgan fingerprint density at radius 2 is 1.73 bits per heavy atom. The highest BCUT2D eigenvalue weighted by Gasteiger charge is 2.32. The minimum Gasteiger partial charge on any atom is -0.423 e. The molecule has 0 atom stereocenters. The molecule has 1 saturated heterocycles. The molecule has 1 aliphatic rings. The number of piperidine rings is 1. The van der Waals surface area contributed by atoms with Crippen molar-refractivity contribution in [2.24, 2.45) is 0 Å². The zero-order valence-electron chi connectivity index (χ0n) is 20.6. The Morgan fingerprint density at radius 1 is 0.973 bits per heavy atom. The largest absolute Gasteiger partial charge is 0.423 e. The fourth-order valence-corrected chi connectivity index (χ4v) is 5.14. The maximum Gasteiger partial charge on any atom is 0.416 e. The lowest BCUT2D eigenvalue weighted by molar-refractivity contribution is -0.138. The van der Waals surface area contributed by atoms with Gasteiger partial charge in [-0.2, -0.15) is 13.2 Å². The summed E-state index contributed by atoms with van der Waals surface area (Å²) >= 11 is 0. The van der Waals surface area contributed by atoms with E-state index in [1.54, 1.807) is 0 Å². The number of hydrogen-bond donors (Lipinski definition) is 1. The van der Waals surface area contributed by atoms with Gasteiger partial charge in [-0.25, -0.2) is 4.79 Å². The molecule has 7 heteroatoms. The summed E-state index contributed by atoms with van der Waals surface area (Å²) in [6.45, 7) is 4.15. The van der Waals surface area contributed by atoms with E-state index in [0.717, 1.165) is 50.7 Å². The number of hydrogen-bond acceptors (Lipinski definition) is 4. The number of halogens is 3. The van der Waals surface area contributed by atoms with Gasteiger partial charge in [0.2, 0.25) is 0 Å². The van der Waals surface area contributed by atoms with Gasteiger partial charge < -0.3 is 14.6 Å². The second-order valence-corrected chi connectivity index (χ2v) is 9.64. The highest BCUT2D eigenvalue weighted by atomic mass is 19.4. The molecule has 1 aliphatic heterocycles. The lowest BCUT2D eigenvalue weighted by atomic mass is 9.97. The van der Waals surface area contributed by atoms with E-state index in [1.807, 2.05) is 24.3 Å². The first-order chi connectivity index (χ1) is 17.8. The predicted octanol–water partition coefficient (Wildman–Crippen LogP) is 6.59. The van der Waals surface area contributed by atoms with E-state index in [0.29, 0.717) is 28.1 Å². The third-order valence-corrected chi connectivity index (χ3v) is 7.12. The number of benzene rings is 3. The molecule has 0 bridgehead atoms. The fraction of sp³-hybridized carbons (Fsp3) is 0.300. The molecule has 0 radical (unpaired) electrons. The van der Waals surface area contributed by atoms with Crippen LogP contribution in [-0.4, -0.2) is 25.7 Å². The number of alkyl halides is 3. The smallest absolute Gasteiger partial charge is 0.416 e. The van der Waals surface area contributed by atoms with E-state index in [2.05, 4.69) is 34.5 Å². The summed E-state index contributed by atoms with van der Waals surface area (Å²) in [4.78, 5) is 14.6. The minimum absolute atomic E-state index is 0.114. The van der Waals surface area contributed by atoms with Gasteiger partial charge in [0.25, 0.3) is 0 Å². The lowest BCUT2D eigenvalue weighted by Gasteiger charge is -2.34. The second-order valence-electron chi connectivity index (χ2n) is 9.64. The van der Waals surface area contributed by atoms with E-state index in [4.69, 9.17) is 4.42 Å². The molecule has 1 fully saturated rings. The van der Waals surface area contributed by atoms with Crippen LogP contribution in [0.5, 0.6) is 0 Å². The van der Waals surface area contributed by atoms with Gasteiger partial charge >= 0.3 is 11.8 Å². The van der Waals surface area contributed by atoms with Crippen LogP contribution in [0.3, 0.4) is 0 Å². The van der Waals surface area contributed by atoms with Gasteiger partial charge in [-0.1, -0.05) is 42.5 Å². The number of anilines is 1. The fourth-order valence-electron chi connectivity index (χ4n) is 5.14. The molecule has 0 unspecified atom stereocenters. The Labute approximate surface area is 213 Å². The van der Waals surface area contributed by atoms with Gasteiger partial charge in [-0.15, -0.1) is 0 Å². The first-order valence-electron chi connectivity index (χ1n) is 12.6. The molecule has 0 spiro atoms. The van der Waals surface area contributed by atoms with Crippen LogP contribution in [0.15, 0.2) is 82.0 Å². The Bertz CT molecular complexity index is 1440. The Morgan fingerprint density at radius 3 is 2.43 bits per heavy atom. The quantitative estimate of drug-likeness (QED) is 0.300. The number of nitrogens with zero attached hydrogens (tertiary/aromatic N) is 1. The number of aryl methyl sites for hydroxylation is 1. The van der Waals surface area contributed by atoms with Crippen molar-refractivity contribution in [3.05, 3.63) is 99.9 Å². The summed E-state index contributed by atoms with van der Waals surface area (Å²) in [6.07, 6.45) is -1.38. The molecule has 1 N–H and O–H groups in total. The number of rotatable bonds is 6. The van der Waals surface area contributed by atoms with Crippen LogP contribution in [0, 0.1) is 6.92 Å². The summed E-state index contributed by atoms with van der Waals surface area (Å²) in [5.41, 5.74) is 2.76. The van der Waals surface area contributed by atoms with E-state index in [1.165, 1.54) is 30.7 Å². The Kier molecular flexibility index (Phi) is 7.07. The highest BCUT2D eigenvalue weighted by molar-refractivity contribution is 5.94. The van der Waals surface area contributed by atoms with Gasteiger partial charge in [0.05, 0.1) is 5.56 Å². The predicted molar refractivity (Wildman–Crippen MR) is 141 cm³/mol. The van der Waals surface area contributed by atoms with Gasteiger partial charge in [0.1, 0.15) is 5.58 Å². The number of fused-ring (bicyclic) bond motifs is 1. The summed E-state index contributed by atoms with van der Waals surface area (Å²) in [6, 6.07) is 21.9. The van der Waals surface area contributed by atoms with Gasteiger partial charge in [0, 0.05) is 42.3 Å². The first kappa shape index (κ1) is 25.1. The Hall–Kier alpha value is -3.58. The molecule has 1 aromatic heterocycles. The van der Waals surface area contributed by atoms with E-state index < -0.39 is 17.4 Å². The molecule has 0 aliphatic carbocycles. The standard InChI is InChI=1S/C30H29F3N2O2/c1-20-17-22(7-10-27(20)30(31,32)33)26-19-29(36)37-28-18-24(8-9-25(26)28)35-15-12-23(13-16-35)34-14-11-21-5-3-2-4-6-21/h2-10,17-19,23,34H,11-16H2,1H3. The normalized spacial score (nSPS) is 14.9. The van der Waals surface area contributed by atoms with Crippen molar-refractivity contribution < 1.29 is 17.6 Å². The Balaban J connectivity index is 1.29. The highest BCUT2D eigenvalue weighted by Crippen LogP contribution is 2.36. The van der Waals surface area contributed by atoms with Gasteiger partial charge in [-0.3, -0.25) is 0 Å². The van der Waals surface area contributed by atoms with Crippen LogP contribution in [0.2, 0.25) is 0 Å². The third-order valence-electron chi connectivity index (χ3n) is 7.12. The molecule has 192 valence electrons. The van der Waals surface area contributed by atoms with Crippen LogP contribution in [0.25, 0.3) is 22.1 Å². The van der Waals surface area contributed by atoms with Crippen molar-refractivity contribution in [2.75, 3.05) is 24.5 Å². The summed E-state index contributed by atoms with van der Waals surface area (Å²) < 4.78 is 45.1. The van der Waals surface area contributed by atoms with Crippen LogP contribution in [0.4, 0.5) is 18.9 Å². The van der Waals surface area contributed by atoms with Crippen molar-refractivity contribution in [3.8, 4) is 11.1 Å². The molecular formula is C30H29F3N2O2. The van der Waals surface area contributed by atoms with E-state index in [-0.39, 0.29) is 5.56 Å². The monoisotopic (exact) mass is 506 g/mol. The maximum atomic E-state index is 13.2. The lowest BCUT2D eigenvalue weighted by Crippen LogP contribution is -2.43. The average molecular weight is 507 g/mol. The third kappa shape index (κ3) is 5.72. The van der Waals surface area contributed by atoms with E-state index >= 15 is 0 Å². The van der Waals surface area contributed by atoms with Crippen LogP contribution in [0.1, 0.15) is 29.5 Å². The van der Waals surface area contributed by atoms with Crippen molar-refractivity contribution >= 4 is 16.7 Å². The summed E-state index contributed by atoms with van der Waals surface area (Å²) in [5.74, 6) is 0. The molecule has 3 aromatic carbocycles. The van der Waals surface area contributed by atoms with Crippen molar-refractivity contribution in [3.63, 3.8) is 0 Å². The maximum absolute atomic E-state index is 13.2. The molecule has 5 rings (SSSR count). The van der Waals surface area contributed by atoms with Crippen LogP contribution < -0.4 is 15.8 Å². The zero-order valence-corrected chi connectivity index (χ0v) is 20.6. The molecule has 0 saturated carbocycles. The molecular weight excluding hydrogens is 477 g/mol. The van der Waals surface area contributed by atoms with Crippen molar-refractivity contribution in [1.29, 1.82) is 0 Å². The topological polar surface area (TPSA) is 45.5 Å². The average Bonchev–Trinajstić information content (AvgIpc) is 2.88. The molecule has 4 nitrogen and oxygen atoms in total. The zero-order chi connectivity index (χ0) is 26.0. The SMILES string of the molecule is Cc1cc(-c2cc(=O)oc3cc(N4CCC(NCCc5ccccc5)CC4)ccc23)ccc1C(F)(F)F. The van der Waals surface area contributed by atoms with Crippen LogP contribution in [-0.2, 0) is 12.6 Å². The molecule has 2 heterocycles. The number of nitrogens with one attached hydrogen (secondary N) is 1. The van der Waals surface area contributed by atoms with Crippen LogP contribution >= 0.6 is 0 Å². The molecule has 0 amide bonds. The molecule has 37 heavy (non-hydrogen) atoms. The van der Waals surface area contributed by atoms with Crippen molar-refractivity contribution in [1.82, 2.24) is 5.32 Å². The second kappa shape index (κ2) is 10.4. The minimum atomic E-state index is -4.42. The van der Waals surface area contributed by atoms with E-state index in [9.17, 15) is 18.0 Å². The molecule has 4 aromatic rings. The first-order valence-corrected chi connectivity index (χ1v) is 12.6.